The van der Waals surface area contributed by atoms with E-state index in [0.717, 1.165) is 23.3 Å². The number of hydrogen-bond acceptors (Lipinski definition) is 2. The smallest absolute Gasteiger partial charge is 0.225 e. The molecule has 4 heteroatoms. The molecule has 2 aliphatic rings. The highest BCUT2D eigenvalue weighted by atomic mass is 35.5. The van der Waals surface area contributed by atoms with Crippen LogP contribution >= 0.6 is 11.6 Å². The van der Waals surface area contributed by atoms with E-state index in [-0.39, 0.29) is 29.4 Å². The average Bonchev–Trinajstić information content (AvgIpc) is 2.36. The molecule has 0 fully saturated rings. The largest absolute Gasteiger partial charge is 0.329 e. The summed E-state index contributed by atoms with van der Waals surface area (Å²) in [5, 5.41) is 3.51. The van der Waals surface area contributed by atoms with Crippen LogP contribution in [0.3, 0.4) is 0 Å². The Morgan fingerprint density at radius 1 is 1.19 bits per heavy atom. The van der Waals surface area contributed by atoms with Crippen LogP contribution in [0.5, 0.6) is 0 Å². The van der Waals surface area contributed by atoms with Gasteiger partial charge in [-0.1, -0.05) is 43.6 Å². The van der Waals surface area contributed by atoms with Crippen molar-refractivity contribution in [2.75, 3.05) is 0 Å². The Morgan fingerprint density at radius 3 is 2.62 bits per heavy atom. The van der Waals surface area contributed by atoms with Gasteiger partial charge < -0.3 is 5.32 Å². The number of ketones is 1. The zero-order valence-electron chi connectivity index (χ0n) is 12.2. The van der Waals surface area contributed by atoms with Gasteiger partial charge in [0.05, 0.1) is 0 Å². The maximum atomic E-state index is 12.6. The summed E-state index contributed by atoms with van der Waals surface area (Å²) in [5.74, 6) is -0.124. The summed E-state index contributed by atoms with van der Waals surface area (Å²) in [5.41, 5.74) is 2.31. The Hall–Kier alpha value is -1.61. The molecule has 0 bridgehead atoms. The van der Waals surface area contributed by atoms with Crippen LogP contribution in [0.25, 0.3) is 0 Å². The molecule has 1 aromatic rings. The minimum atomic E-state index is -0.217. The quantitative estimate of drug-likeness (QED) is 0.862. The molecule has 3 nitrogen and oxygen atoms in total. The van der Waals surface area contributed by atoms with Crippen molar-refractivity contribution in [2.45, 2.75) is 39.0 Å². The Balaban J connectivity index is 2.11. The number of allylic oxidation sites excluding steroid dienone is 2. The number of benzene rings is 1. The molecule has 110 valence electrons. The number of carbonyl (C=O) groups excluding carboxylic acids is 2. The molecule has 0 spiro atoms. The molecular formula is C17H18ClNO2. The fourth-order valence-corrected chi connectivity index (χ4v) is 3.65. The van der Waals surface area contributed by atoms with E-state index in [1.165, 1.54) is 0 Å². The molecule has 0 aromatic heterocycles. The maximum Gasteiger partial charge on any atom is 0.225 e. The van der Waals surface area contributed by atoms with E-state index in [4.69, 9.17) is 11.6 Å². The first-order valence-electron chi connectivity index (χ1n) is 7.18. The van der Waals surface area contributed by atoms with Gasteiger partial charge in [0, 0.05) is 35.1 Å². The van der Waals surface area contributed by atoms with Crippen molar-refractivity contribution in [3.05, 3.63) is 46.1 Å². The summed E-state index contributed by atoms with van der Waals surface area (Å²) in [6.07, 6.45) is 1.53. The number of rotatable bonds is 1. The monoisotopic (exact) mass is 303 g/mol. The number of Topliss-reactive ketones (excluding diaryl/α,β-unsaturated/α-hetero) is 1. The SMILES string of the molecule is CC1(C)CC(=O)C2=C(C1)NC(=O)C[C@@H]2c1ccccc1Cl. The Bertz CT molecular complexity index is 661. The fourth-order valence-electron chi connectivity index (χ4n) is 3.38. The van der Waals surface area contributed by atoms with Gasteiger partial charge >= 0.3 is 0 Å². The van der Waals surface area contributed by atoms with Crippen molar-refractivity contribution in [2.24, 2.45) is 5.41 Å². The normalized spacial score (nSPS) is 24.6. The van der Waals surface area contributed by atoms with E-state index >= 15 is 0 Å². The molecule has 3 rings (SSSR count). The van der Waals surface area contributed by atoms with Crippen LogP contribution in [0.15, 0.2) is 35.5 Å². The topological polar surface area (TPSA) is 46.2 Å². The third kappa shape index (κ3) is 2.62. The summed E-state index contributed by atoms with van der Waals surface area (Å²) in [6, 6.07) is 7.46. The van der Waals surface area contributed by atoms with Crippen LogP contribution in [0.1, 0.15) is 44.6 Å². The van der Waals surface area contributed by atoms with Crippen LogP contribution in [0, 0.1) is 5.41 Å². The second-order valence-corrected chi connectivity index (χ2v) is 7.07. The molecular weight excluding hydrogens is 286 g/mol. The first-order valence-corrected chi connectivity index (χ1v) is 7.56. The lowest BCUT2D eigenvalue weighted by Gasteiger charge is -2.38. The Kier molecular flexibility index (Phi) is 3.40. The van der Waals surface area contributed by atoms with Crippen molar-refractivity contribution >= 4 is 23.3 Å². The summed E-state index contributed by atoms with van der Waals surface area (Å²) < 4.78 is 0. The lowest BCUT2D eigenvalue weighted by atomic mass is 9.70. The Labute approximate surface area is 129 Å². The number of hydrogen-bond donors (Lipinski definition) is 1. The predicted molar refractivity (Wildman–Crippen MR) is 82.0 cm³/mol. The van der Waals surface area contributed by atoms with E-state index in [2.05, 4.69) is 19.2 Å². The second-order valence-electron chi connectivity index (χ2n) is 6.66. The van der Waals surface area contributed by atoms with Crippen molar-refractivity contribution < 1.29 is 9.59 Å². The number of nitrogens with one attached hydrogen (secondary N) is 1. The zero-order valence-corrected chi connectivity index (χ0v) is 13.0. The van der Waals surface area contributed by atoms with E-state index in [1.54, 1.807) is 6.07 Å². The molecule has 1 N–H and O–H groups in total. The van der Waals surface area contributed by atoms with Crippen molar-refractivity contribution in [3.8, 4) is 0 Å². The van der Waals surface area contributed by atoms with E-state index in [9.17, 15) is 9.59 Å². The molecule has 1 aliphatic carbocycles. The van der Waals surface area contributed by atoms with Crippen LogP contribution in [-0.2, 0) is 9.59 Å². The second kappa shape index (κ2) is 4.99. The molecule has 1 aromatic carbocycles. The minimum absolute atomic E-state index is 0.0378. The maximum absolute atomic E-state index is 12.6. The first kappa shape index (κ1) is 14.3. The van der Waals surface area contributed by atoms with Gasteiger partial charge in [0.2, 0.25) is 5.91 Å². The van der Waals surface area contributed by atoms with Crippen LogP contribution in [0.2, 0.25) is 5.02 Å². The van der Waals surface area contributed by atoms with Gasteiger partial charge in [-0.05, 0) is 23.5 Å². The van der Waals surface area contributed by atoms with E-state index in [0.29, 0.717) is 11.4 Å². The summed E-state index contributed by atoms with van der Waals surface area (Å²) in [6.45, 7) is 4.11. The third-order valence-electron chi connectivity index (χ3n) is 4.23. The van der Waals surface area contributed by atoms with E-state index in [1.807, 2.05) is 18.2 Å². The average molecular weight is 304 g/mol. The molecule has 1 atom stereocenters. The van der Waals surface area contributed by atoms with Gasteiger partial charge in [0.25, 0.3) is 0 Å². The third-order valence-corrected chi connectivity index (χ3v) is 4.57. The standard InChI is InChI=1S/C17H18ClNO2/c1-17(2)8-13-16(14(20)9-17)11(7-15(21)19-13)10-5-3-4-6-12(10)18/h3-6,11H,7-9H2,1-2H3,(H,19,21)/t11-/m1/s1. The molecule has 0 saturated carbocycles. The highest BCUT2D eigenvalue weighted by Gasteiger charge is 2.40. The molecule has 1 amide bonds. The van der Waals surface area contributed by atoms with Crippen LogP contribution in [-0.4, -0.2) is 11.7 Å². The van der Waals surface area contributed by atoms with Gasteiger partial charge in [0.15, 0.2) is 5.78 Å². The van der Waals surface area contributed by atoms with Crippen LogP contribution in [0.4, 0.5) is 0 Å². The summed E-state index contributed by atoms with van der Waals surface area (Å²) >= 11 is 6.27. The van der Waals surface area contributed by atoms with Crippen molar-refractivity contribution in [1.29, 1.82) is 0 Å². The number of halogens is 1. The molecule has 1 aliphatic heterocycles. The lowest BCUT2D eigenvalue weighted by molar-refractivity contribution is -0.122. The summed E-state index contributed by atoms with van der Waals surface area (Å²) in [4.78, 5) is 24.6. The first-order chi connectivity index (χ1) is 9.87. The number of amides is 1. The predicted octanol–water partition coefficient (Wildman–Crippen LogP) is 3.59. The molecule has 0 radical (unpaired) electrons. The van der Waals surface area contributed by atoms with Crippen LogP contribution < -0.4 is 5.32 Å². The minimum Gasteiger partial charge on any atom is -0.329 e. The molecule has 0 unspecified atom stereocenters. The fraction of sp³-hybridized carbons (Fsp3) is 0.412. The van der Waals surface area contributed by atoms with E-state index < -0.39 is 0 Å². The van der Waals surface area contributed by atoms with Gasteiger partial charge in [-0.15, -0.1) is 0 Å². The van der Waals surface area contributed by atoms with Gasteiger partial charge in [-0.2, -0.15) is 0 Å². The van der Waals surface area contributed by atoms with Crippen molar-refractivity contribution in [1.82, 2.24) is 5.32 Å². The molecule has 1 heterocycles. The van der Waals surface area contributed by atoms with Gasteiger partial charge in [-0.25, -0.2) is 0 Å². The lowest BCUT2D eigenvalue weighted by Crippen LogP contribution is -2.40. The summed E-state index contributed by atoms with van der Waals surface area (Å²) in [7, 11) is 0. The Morgan fingerprint density at radius 2 is 1.90 bits per heavy atom. The highest BCUT2D eigenvalue weighted by molar-refractivity contribution is 6.31. The molecule has 0 saturated heterocycles. The number of carbonyl (C=O) groups is 2. The zero-order chi connectivity index (χ0) is 15.2. The highest BCUT2D eigenvalue weighted by Crippen LogP contribution is 2.45. The van der Waals surface area contributed by atoms with Gasteiger partial charge in [-0.3, -0.25) is 9.59 Å². The molecule has 21 heavy (non-hydrogen) atoms. The van der Waals surface area contributed by atoms with Gasteiger partial charge in [0.1, 0.15) is 0 Å². The van der Waals surface area contributed by atoms with Crippen molar-refractivity contribution in [3.63, 3.8) is 0 Å².